The Morgan fingerprint density at radius 2 is 1.76 bits per heavy atom. The molecule has 1 heterocycles. The molecule has 0 saturated heterocycles. The number of anilines is 2. The number of rotatable bonds is 6. The minimum atomic E-state index is -0.664. The molecule has 0 unspecified atom stereocenters. The molecule has 1 N–H and O–H groups in total. The minimum Gasteiger partial charge on any atom is -0.362 e. The van der Waals surface area contributed by atoms with Crippen LogP contribution in [-0.4, -0.2) is 12.5 Å². The largest absolute Gasteiger partial charge is 0.362 e. The minimum absolute atomic E-state index is 0.0843. The number of fused-ring (bicyclic) bond motifs is 1. The molecule has 0 bridgehead atoms. The summed E-state index contributed by atoms with van der Waals surface area (Å²) in [6.45, 7) is 5.86. The van der Waals surface area contributed by atoms with Gasteiger partial charge in [0.05, 0.1) is 5.69 Å². The highest BCUT2D eigenvalue weighted by atomic mass is 19.1. The van der Waals surface area contributed by atoms with E-state index in [-0.39, 0.29) is 34.2 Å². The van der Waals surface area contributed by atoms with Gasteiger partial charge in [-0.2, -0.15) is 0 Å². The summed E-state index contributed by atoms with van der Waals surface area (Å²) in [6, 6.07) is 4.51. The molecule has 29 heavy (non-hydrogen) atoms. The average Bonchev–Trinajstić information content (AvgIpc) is 2.70. The lowest BCUT2D eigenvalue weighted by molar-refractivity contribution is -0.116. The van der Waals surface area contributed by atoms with Crippen LogP contribution in [0.25, 0.3) is 0 Å². The first-order chi connectivity index (χ1) is 13.8. The zero-order chi connectivity index (χ0) is 21.1. The molecule has 6 heteroatoms. The molecule has 1 aliphatic heterocycles. The van der Waals surface area contributed by atoms with Crippen LogP contribution in [-0.2, 0) is 17.8 Å². The number of benzene rings is 2. The molecule has 0 fully saturated rings. The predicted octanol–water partition coefficient (Wildman–Crippen LogP) is 5.80. The zero-order valence-corrected chi connectivity index (χ0v) is 17.2. The van der Waals surface area contributed by atoms with Crippen LogP contribution in [0.2, 0.25) is 0 Å². The maximum absolute atomic E-state index is 15.2. The van der Waals surface area contributed by atoms with Gasteiger partial charge in [-0.1, -0.05) is 25.8 Å². The number of hydrogen-bond donors (Lipinski definition) is 1. The molecule has 3 nitrogen and oxygen atoms in total. The maximum Gasteiger partial charge on any atom is 0.224 e. The lowest BCUT2D eigenvalue weighted by Gasteiger charge is -2.32. The Morgan fingerprint density at radius 3 is 2.41 bits per heavy atom. The monoisotopic (exact) mass is 404 g/mol. The second-order valence-corrected chi connectivity index (χ2v) is 7.69. The van der Waals surface area contributed by atoms with Crippen molar-refractivity contribution >= 4 is 17.3 Å². The third-order valence-electron chi connectivity index (χ3n) is 5.59. The molecule has 1 amide bonds. The molecule has 0 aliphatic carbocycles. The van der Waals surface area contributed by atoms with Gasteiger partial charge in [0.1, 0.15) is 11.5 Å². The number of carbonyl (C=O) groups is 1. The van der Waals surface area contributed by atoms with E-state index in [4.69, 9.17) is 0 Å². The fourth-order valence-electron chi connectivity index (χ4n) is 3.87. The highest BCUT2D eigenvalue weighted by Crippen LogP contribution is 2.37. The van der Waals surface area contributed by atoms with Crippen molar-refractivity contribution in [3.05, 3.63) is 57.9 Å². The summed E-state index contributed by atoms with van der Waals surface area (Å²) in [5, 5.41) is 2.69. The van der Waals surface area contributed by atoms with Gasteiger partial charge in [0.25, 0.3) is 0 Å². The second-order valence-electron chi connectivity index (χ2n) is 7.69. The van der Waals surface area contributed by atoms with E-state index in [2.05, 4.69) is 5.32 Å². The van der Waals surface area contributed by atoms with E-state index in [1.165, 1.54) is 12.1 Å². The molecule has 2 aromatic carbocycles. The summed E-state index contributed by atoms with van der Waals surface area (Å²) >= 11 is 0. The number of carbonyl (C=O) groups excluding carboxylic acids is 1. The van der Waals surface area contributed by atoms with Crippen LogP contribution >= 0.6 is 0 Å². The third-order valence-corrected chi connectivity index (χ3v) is 5.59. The first-order valence-electron chi connectivity index (χ1n) is 10.1. The number of amides is 1. The Balaban J connectivity index is 1.88. The SMILES string of the molecule is CCCCCC(=O)Nc1c(C)c(F)c(N2CCc3cc(F)ccc3C2)c(F)c1C. The molecule has 0 aromatic heterocycles. The summed E-state index contributed by atoms with van der Waals surface area (Å²) in [6.07, 6.45) is 3.52. The van der Waals surface area contributed by atoms with Crippen molar-refractivity contribution in [2.24, 2.45) is 0 Å². The highest BCUT2D eigenvalue weighted by molar-refractivity contribution is 5.93. The molecule has 0 atom stereocenters. The van der Waals surface area contributed by atoms with Crippen LogP contribution in [0.5, 0.6) is 0 Å². The van der Waals surface area contributed by atoms with Crippen LogP contribution in [0, 0.1) is 31.3 Å². The van der Waals surface area contributed by atoms with Crippen LogP contribution in [0.3, 0.4) is 0 Å². The Labute approximate surface area is 169 Å². The van der Waals surface area contributed by atoms with Gasteiger partial charge in [-0.25, -0.2) is 13.2 Å². The zero-order valence-electron chi connectivity index (χ0n) is 17.2. The van der Waals surface area contributed by atoms with Crippen molar-refractivity contribution in [2.75, 3.05) is 16.8 Å². The number of nitrogens with zero attached hydrogens (tertiary/aromatic N) is 1. The normalized spacial score (nSPS) is 13.4. The summed E-state index contributed by atoms with van der Waals surface area (Å²) in [4.78, 5) is 13.8. The smallest absolute Gasteiger partial charge is 0.224 e. The first-order valence-corrected chi connectivity index (χ1v) is 10.1. The van der Waals surface area contributed by atoms with Gasteiger partial charge < -0.3 is 10.2 Å². The van der Waals surface area contributed by atoms with Crippen molar-refractivity contribution in [3.63, 3.8) is 0 Å². The van der Waals surface area contributed by atoms with Crippen LogP contribution in [0.15, 0.2) is 18.2 Å². The van der Waals surface area contributed by atoms with Gasteiger partial charge in [0.2, 0.25) is 5.91 Å². The fourth-order valence-corrected chi connectivity index (χ4v) is 3.87. The van der Waals surface area contributed by atoms with Gasteiger partial charge >= 0.3 is 0 Å². The van der Waals surface area contributed by atoms with E-state index in [1.807, 2.05) is 6.92 Å². The average molecular weight is 404 g/mol. The number of halogens is 3. The second kappa shape index (κ2) is 8.89. The van der Waals surface area contributed by atoms with Crippen LogP contribution in [0.1, 0.15) is 54.9 Å². The van der Waals surface area contributed by atoms with E-state index in [0.717, 1.165) is 30.4 Å². The Kier molecular flexibility index (Phi) is 6.50. The highest BCUT2D eigenvalue weighted by Gasteiger charge is 2.27. The summed E-state index contributed by atoms with van der Waals surface area (Å²) < 4.78 is 43.8. The molecular formula is C23H27F3N2O. The van der Waals surface area contributed by atoms with E-state index < -0.39 is 11.6 Å². The van der Waals surface area contributed by atoms with Gasteiger partial charge in [0, 0.05) is 30.6 Å². The molecule has 2 aromatic rings. The maximum atomic E-state index is 15.2. The summed E-state index contributed by atoms with van der Waals surface area (Å²) in [5.74, 6) is -1.87. The third kappa shape index (κ3) is 4.41. The summed E-state index contributed by atoms with van der Waals surface area (Å²) in [7, 11) is 0. The molecule has 156 valence electrons. The molecular weight excluding hydrogens is 377 g/mol. The van der Waals surface area contributed by atoms with Gasteiger partial charge in [-0.05, 0) is 49.9 Å². The standard InChI is InChI=1S/C23H27F3N2O/c1-4-5-6-7-19(29)27-22-14(2)20(25)23(21(26)15(22)3)28-11-10-16-12-18(24)9-8-17(16)13-28/h8-9,12H,4-7,10-11,13H2,1-3H3,(H,27,29). The lowest BCUT2D eigenvalue weighted by atomic mass is 9.97. The molecule has 3 rings (SSSR count). The fraction of sp³-hybridized carbons (Fsp3) is 0.435. The lowest BCUT2D eigenvalue weighted by Crippen LogP contribution is -2.32. The topological polar surface area (TPSA) is 32.3 Å². The van der Waals surface area contributed by atoms with Crippen LogP contribution in [0.4, 0.5) is 24.5 Å². The number of nitrogens with one attached hydrogen (secondary N) is 1. The van der Waals surface area contributed by atoms with E-state index in [0.29, 0.717) is 25.9 Å². The number of hydrogen-bond acceptors (Lipinski definition) is 2. The molecule has 0 saturated carbocycles. The molecule has 0 radical (unpaired) electrons. The first kappa shape index (κ1) is 21.2. The van der Waals surface area contributed by atoms with Crippen molar-refractivity contribution in [2.45, 2.75) is 59.4 Å². The Bertz CT molecular complexity index is 898. The Hall–Kier alpha value is -2.50. The molecule has 1 aliphatic rings. The van der Waals surface area contributed by atoms with E-state index >= 15 is 8.78 Å². The quantitative estimate of drug-likeness (QED) is 0.617. The van der Waals surface area contributed by atoms with E-state index in [1.54, 1.807) is 24.8 Å². The summed E-state index contributed by atoms with van der Waals surface area (Å²) in [5.41, 5.74) is 2.32. The molecule has 0 spiro atoms. The predicted molar refractivity (Wildman–Crippen MR) is 110 cm³/mol. The van der Waals surface area contributed by atoms with Crippen molar-refractivity contribution in [1.82, 2.24) is 0 Å². The van der Waals surface area contributed by atoms with Gasteiger partial charge in [-0.15, -0.1) is 0 Å². The van der Waals surface area contributed by atoms with Crippen LogP contribution < -0.4 is 10.2 Å². The number of unbranched alkanes of at least 4 members (excludes halogenated alkanes) is 2. The van der Waals surface area contributed by atoms with Gasteiger partial charge in [-0.3, -0.25) is 4.79 Å². The van der Waals surface area contributed by atoms with Gasteiger partial charge in [0.15, 0.2) is 11.6 Å². The van der Waals surface area contributed by atoms with E-state index in [9.17, 15) is 9.18 Å². The van der Waals surface area contributed by atoms with Crippen molar-refractivity contribution in [1.29, 1.82) is 0 Å². The van der Waals surface area contributed by atoms with Crippen molar-refractivity contribution < 1.29 is 18.0 Å². The Morgan fingerprint density at radius 1 is 1.07 bits per heavy atom. The van der Waals surface area contributed by atoms with Crippen molar-refractivity contribution in [3.8, 4) is 0 Å².